The van der Waals surface area contributed by atoms with E-state index in [1.165, 1.54) is 25.7 Å². The van der Waals surface area contributed by atoms with Gasteiger partial charge < -0.3 is 5.32 Å². The second-order valence-electron chi connectivity index (χ2n) is 7.24. The van der Waals surface area contributed by atoms with Gasteiger partial charge in [-0.3, -0.25) is 4.79 Å². The molecule has 1 aromatic heterocycles. The summed E-state index contributed by atoms with van der Waals surface area (Å²) < 4.78 is 0. The molecule has 138 valence electrons. The fourth-order valence-corrected chi connectivity index (χ4v) is 3.94. The maximum Gasteiger partial charge on any atom is 0.252 e. The number of hydrogen-bond acceptors (Lipinski definition) is 2. The third-order valence-corrected chi connectivity index (χ3v) is 5.54. The molecule has 2 aromatic carbocycles. The highest BCUT2D eigenvalue weighted by Gasteiger charge is 2.18. The number of nitrogens with one attached hydrogen (secondary N) is 1. The van der Waals surface area contributed by atoms with Gasteiger partial charge in [0.2, 0.25) is 0 Å². The lowest BCUT2D eigenvalue weighted by molar-refractivity contribution is 0.0935. The van der Waals surface area contributed by atoms with Crippen molar-refractivity contribution in [3.8, 4) is 11.3 Å². The molecule has 3 aromatic rings. The molecule has 1 aliphatic carbocycles. The van der Waals surface area contributed by atoms with Crippen LogP contribution >= 0.6 is 11.6 Å². The molecule has 0 bridgehead atoms. The molecule has 0 radical (unpaired) electrons. The molecule has 0 saturated heterocycles. The third-order valence-electron chi connectivity index (χ3n) is 5.29. The van der Waals surface area contributed by atoms with Gasteiger partial charge in [-0.25, -0.2) is 4.98 Å². The van der Waals surface area contributed by atoms with E-state index in [1.54, 1.807) is 0 Å². The molecule has 1 fully saturated rings. The van der Waals surface area contributed by atoms with Crippen LogP contribution in [0.4, 0.5) is 0 Å². The Morgan fingerprint density at radius 2 is 1.67 bits per heavy atom. The number of carbonyl (C=O) groups is 1. The second kappa shape index (κ2) is 8.10. The van der Waals surface area contributed by atoms with Gasteiger partial charge in [0.05, 0.1) is 16.8 Å². The van der Waals surface area contributed by atoms with Crippen molar-refractivity contribution in [2.45, 2.75) is 44.6 Å². The first-order valence-corrected chi connectivity index (χ1v) is 10.0. The fourth-order valence-electron chi connectivity index (χ4n) is 3.82. The van der Waals surface area contributed by atoms with Gasteiger partial charge in [0.25, 0.3) is 5.91 Å². The minimum atomic E-state index is -0.00397. The molecule has 3 nitrogen and oxygen atoms in total. The summed E-state index contributed by atoms with van der Waals surface area (Å²) in [7, 11) is 0. The summed E-state index contributed by atoms with van der Waals surface area (Å²) >= 11 is 6.01. The van der Waals surface area contributed by atoms with Gasteiger partial charge in [-0.2, -0.15) is 0 Å². The molecule has 0 spiro atoms. The average molecular weight is 379 g/mol. The van der Waals surface area contributed by atoms with Crippen LogP contribution in [0, 0.1) is 0 Å². The van der Waals surface area contributed by atoms with E-state index in [1.807, 2.05) is 54.6 Å². The summed E-state index contributed by atoms with van der Waals surface area (Å²) in [5.74, 6) is -0.00397. The fraction of sp³-hybridized carbons (Fsp3) is 0.304. The van der Waals surface area contributed by atoms with E-state index in [9.17, 15) is 4.79 Å². The number of aromatic nitrogens is 1. The van der Waals surface area contributed by atoms with Gasteiger partial charge >= 0.3 is 0 Å². The Bertz CT molecular complexity index is 944. The van der Waals surface area contributed by atoms with Gasteiger partial charge in [0.15, 0.2) is 0 Å². The number of carbonyl (C=O) groups excluding carboxylic acids is 1. The minimum absolute atomic E-state index is 0.00397. The highest BCUT2D eigenvalue weighted by molar-refractivity contribution is 6.30. The number of rotatable bonds is 3. The number of fused-ring (bicyclic) bond motifs is 1. The van der Waals surface area contributed by atoms with E-state index in [4.69, 9.17) is 16.6 Å². The monoisotopic (exact) mass is 378 g/mol. The molecule has 0 aliphatic heterocycles. The van der Waals surface area contributed by atoms with Crippen molar-refractivity contribution in [3.63, 3.8) is 0 Å². The summed E-state index contributed by atoms with van der Waals surface area (Å²) in [4.78, 5) is 17.9. The van der Waals surface area contributed by atoms with Crippen molar-refractivity contribution in [3.05, 3.63) is 65.2 Å². The quantitative estimate of drug-likeness (QED) is 0.567. The highest BCUT2D eigenvalue weighted by atomic mass is 35.5. The van der Waals surface area contributed by atoms with E-state index in [0.717, 1.165) is 35.0 Å². The Balaban J connectivity index is 1.71. The van der Waals surface area contributed by atoms with Gasteiger partial charge in [0.1, 0.15) is 0 Å². The first-order chi connectivity index (χ1) is 13.2. The lowest BCUT2D eigenvalue weighted by Gasteiger charge is -2.17. The molecule has 1 saturated carbocycles. The van der Waals surface area contributed by atoms with Gasteiger partial charge in [-0.05, 0) is 37.1 Å². The van der Waals surface area contributed by atoms with Crippen LogP contribution in [-0.2, 0) is 0 Å². The molecule has 1 aliphatic rings. The maximum atomic E-state index is 13.1. The predicted octanol–water partition coefficient (Wildman–Crippen LogP) is 6.01. The Labute approximate surface area is 164 Å². The zero-order chi connectivity index (χ0) is 18.6. The Hall–Kier alpha value is -2.39. The number of benzene rings is 2. The summed E-state index contributed by atoms with van der Waals surface area (Å²) in [6.45, 7) is 0. The minimum Gasteiger partial charge on any atom is -0.349 e. The van der Waals surface area contributed by atoms with Crippen LogP contribution in [0.5, 0.6) is 0 Å². The highest BCUT2D eigenvalue weighted by Crippen LogP contribution is 2.26. The van der Waals surface area contributed by atoms with Crippen LogP contribution < -0.4 is 5.32 Å². The van der Waals surface area contributed by atoms with E-state index in [0.29, 0.717) is 10.6 Å². The van der Waals surface area contributed by atoms with Crippen LogP contribution in [0.2, 0.25) is 5.02 Å². The van der Waals surface area contributed by atoms with E-state index in [2.05, 4.69) is 5.32 Å². The Morgan fingerprint density at radius 3 is 2.41 bits per heavy atom. The molecule has 1 heterocycles. The van der Waals surface area contributed by atoms with Gasteiger partial charge in [-0.1, -0.05) is 67.6 Å². The van der Waals surface area contributed by atoms with Crippen LogP contribution in [0.25, 0.3) is 22.2 Å². The van der Waals surface area contributed by atoms with Gasteiger partial charge in [-0.15, -0.1) is 0 Å². The molecule has 0 atom stereocenters. The maximum absolute atomic E-state index is 13.1. The average Bonchev–Trinajstić information content (AvgIpc) is 2.96. The first kappa shape index (κ1) is 18.0. The molecular weight excluding hydrogens is 356 g/mol. The van der Waals surface area contributed by atoms with Gasteiger partial charge in [0, 0.05) is 22.0 Å². The topological polar surface area (TPSA) is 42.0 Å². The predicted molar refractivity (Wildman–Crippen MR) is 111 cm³/mol. The Kier molecular flexibility index (Phi) is 5.40. The van der Waals surface area contributed by atoms with E-state index >= 15 is 0 Å². The van der Waals surface area contributed by atoms with Crippen molar-refractivity contribution >= 4 is 28.4 Å². The molecule has 1 N–H and O–H groups in total. The summed E-state index contributed by atoms with van der Waals surface area (Å²) in [5.41, 5.74) is 3.26. The zero-order valence-corrected chi connectivity index (χ0v) is 16.0. The Morgan fingerprint density at radius 1 is 0.963 bits per heavy atom. The smallest absolute Gasteiger partial charge is 0.252 e. The molecular formula is C23H23ClN2O. The lowest BCUT2D eigenvalue weighted by atomic mass is 10.0. The molecule has 4 heteroatoms. The largest absolute Gasteiger partial charge is 0.349 e. The van der Waals surface area contributed by atoms with Crippen molar-refractivity contribution < 1.29 is 4.79 Å². The number of nitrogens with zero attached hydrogens (tertiary/aromatic N) is 1. The molecule has 0 unspecified atom stereocenters. The van der Waals surface area contributed by atoms with E-state index in [-0.39, 0.29) is 11.9 Å². The number of para-hydroxylation sites is 1. The normalized spacial score (nSPS) is 15.4. The van der Waals surface area contributed by atoms with Crippen molar-refractivity contribution in [2.75, 3.05) is 0 Å². The van der Waals surface area contributed by atoms with Crippen molar-refractivity contribution in [2.24, 2.45) is 0 Å². The summed E-state index contributed by atoms with van der Waals surface area (Å²) in [6, 6.07) is 17.6. The second-order valence-corrected chi connectivity index (χ2v) is 7.68. The standard InChI is InChI=1S/C23H23ClN2O/c24-17-13-11-16(12-14-17)22-15-20(19-9-5-6-10-21(19)26-22)23(27)25-18-7-3-1-2-4-8-18/h5-6,9-15,18H,1-4,7-8H2,(H,25,27). The molecule has 27 heavy (non-hydrogen) atoms. The lowest BCUT2D eigenvalue weighted by Crippen LogP contribution is -2.34. The van der Waals surface area contributed by atoms with Crippen LogP contribution in [0.1, 0.15) is 48.9 Å². The SMILES string of the molecule is O=C(NC1CCCCCC1)c1cc(-c2ccc(Cl)cc2)nc2ccccc12. The summed E-state index contributed by atoms with van der Waals surface area (Å²) in [6.07, 6.45) is 7.06. The zero-order valence-electron chi connectivity index (χ0n) is 15.2. The first-order valence-electron chi connectivity index (χ1n) is 9.67. The number of amides is 1. The number of pyridine rings is 1. The van der Waals surface area contributed by atoms with Crippen molar-refractivity contribution in [1.82, 2.24) is 10.3 Å². The molecule has 4 rings (SSSR count). The third kappa shape index (κ3) is 4.14. The summed E-state index contributed by atoms with van der Waals surface area (Å²) in [5, 5.41) is 4.84. The number of hydrogen-bond donors (Lipinski definition) is 1. The number of halogens is 1. The van der Waals surface area contributed by atoms with Crippen LogP contribution in [0.3, 0.4) is 0 Å². The van der Waals surface area contributed by atoms with Crippen molar-refractivity contribution in [1.29, 1.82) is 0 Å². The molecule has 1 amide bonds. The van der Waals surface area contributed by atoms with Crippen LogP contribution in [-0.4, -0.2) is 16.9 Å². The van der Waals surface area contributed by atoms with Crippen LogP contribution in [0.15, 0.2) is 54.6 Å². The van der Waals surface area contributed by atoms with E-state index < -0.39 is 0 Å².